The van der Waals surface area contributed by atoms with Gasteiger partial charge in [-0.15, -0.1) is 0 Å². The van der Waals surface area contributed by atoms with Crippen molar-refractivity contribution in [3.05, 3.63) is 46.8 Å². The Balaban J connectivity index is 1.54. The van der Waals surface area contributed by atoms with Gasteiger partial charge in [0.15, 0.2) is 11.4 Å². The third-order valence-corrected chi connectivity index (χ3v) is 7.55. The molecule has 0 unspecified atom stereocenters. The number of hydrogen-bond acceptors (Lipinski definition) is 5. The molecule has 3 heterocycles. The Morgan fingerprint density at radius 2 is 1.88 bits per heavy atom. The topological polar surface area (TPSA) is 80.5 Å². The molecule has 0 aliphatic heterocycles. The number of pyridine rings is 1. The maximum atomic E-state index is 13.1. The first-order valence-electron chi connectivity index (χ1n) is 12.5. The second kappa shape index (κ2) is 9.25. The average molecular weight is 463 g/mol. The van der Waals surface area contributed by atoms with Crippen molar-refractivity contribution in [3.63, 3.8) is 0 Å². The van der Waals surface area contributed by atoms with Gasteiger partial charge in [-0.2, -0.15) is 5.10 Å². The highest BCUT2D eigenvalue weighted by atomic mass is 16.5. The molecule has 0 saturated heterocycles. The summed E-state index contributed by atoms with van der Waals surface area (Å²) in [5.41, 5.74) is 5.81. The number of nitrogens with zero attached hydrogens (tertiary/aromatic N) is 5. The molecule has 8 nitrogen and oxygen atoms in total. The van der Waals surface area contributed by atoms with Crippen LogP contribution in [0, 0.1) is 0 Å². The molecule has 1 N–H and O–H groups in total. The van der Waals surface area contributed by atoms with E-state index in [-0.39, 0.29) is 11.7 Å². The first-order chi connectivity index (χ1) is 16.6. The average Bonchev–Trinajstić information content (AvgIpc) is 3.47. The van der Waals surface area contributed by atoms with E-state index in [4.69, 9.17) is 4.74 Å². The van der Waals surface area contributed by atoms with Crippen LogP contribution in [0.5, 0.6) is 5.75 Å². The maximum absolute atomic E-state index is 13.1. The fourth-order valence-corrected chi connectivity index (χ4v) is 5.75. The number of imidazole rings is 1. The zero-order chi connectivity index (χ0) is 23.8. The zero-order valence-corrected chi connectivity index (χ0v) is 20.5. The van der Waals surface area contributed by atoms with Crippen LogP contribution in [0.15, 0.2) is 35.5 Å². The van der Waals surface area contributed by atoms with E-state index in [1.54, 1.807) is 11.6 Å². The van der Waals surface area contributed by atoms with Crippen molar-refractivity contribution in [2.24, 2.45) is 0 Å². The normalized spacial score (nSPS) is 18.9. The molecule has 34 heavy (non-hydrogen) atoms. The monoisotopic (exact) mass is 462 g/mol. The van der Waals surface area contributed by atoms with E-state index in [1.807, 2.05) is 16.8 Å². The molecule has 8 heteroatoms. The van der Waals surface area contributed by atoms with Gasteiger partial charge in [-0.05, 0) is 74.5 Å². The molecule has 0 radical (unpaired) electrons. The molecule has 0 spiro atoms. The maximum Gasteiger partial charge on any atom is 0.326 e. The van der Waals surface area contributed by atoms with Crippen LogP contribution < -0.4 is 10.4 Å². The number of nitrogens with one attached hydrogen (secondary N) is 1. The minimum Gasteiger partial charge on any atom is -0.493 e. The van der Waals surface area contributed by atoms with Crippen LogP contribution in [-0.2, 0) is 6.42 Å². The Labute approximate surface area is 199 Å². The highest BCUT2D eigenvalue weighted by Crippen LogP contribution is 2.35. The largest absolute Gasteiger partial charge is 0.493 e. The molecule has 1 aromatic carbocycles. The van der Waals surface area contributed by atoms with E-state index in [9.17, 15) is 4.79 Å². The van der Waals surface area contributed by atoms with Gasteiger partial charge in [0.2, 0.25) is 0 Å². The Bertz CT molecular complexity index is 1360. The highest BCUT2D eigenvalue weighted by molar-refractivity contribution is 5.85. The number of methoxy groups -OCH3 is 1. The molecule has 0 bridgehead atoms. The van der Waals surface area contributed by atoms with Crippen molar-refractivity contribution in [2.45, 2.75) is 65.0 Å². The van der Waals surface area contributed by atoms with Gasteiger partial charge in [0, 0.05) is 23.8 Å². The van der Waals surface area contributed by atoms with Crippen molar-refractivity contribution in [3.8, 4) is 16.9 Å². The van der Waals surface area contributed by atoms with Crippen molar-refractivity contribution in [1.82, 2.24) is 29.0 Å². The number of rotatable bonds is 7. The lowest BCUT2D eigenvalue weighted by Gasteiger charge is -2.36. The van der Waals surface area contributed by atoms with E-state index < -0.39 is 0 Å². The predicted molar refractivity (Wildman–Crippen MR) is 135 cm³/mol. The molecule has 4 aromatic rings. The van der Waals surface area contributed by atoms with Gasteiger partial charge in [-0.1, -0.05) is 20.8 Å². The summed E-state index contributed by atoms with van der Waals surface area (Å²) < 4.78 is 9.31. The van der Waals surface area contributed by atoms with Gasteiger partial charge >= 0.3 is 5.69 Å². The summed E-state index contributed by atoms with van der Waals surface area (Å²) in [7, 11) is 1.64. The summed E-state index contributed by atoms with van der Waals surface area (Å²) >= 11 is 0. The number of aromatic nitrogens is 5. The van der Waals surface area contributed by atoms with E-state index in [2.05, 4.69) is 52.9 Å². The third kappa shape index (κ3) is 3.79. The van der Waals surface area contributed by atoms with E-state index in [1.165, 1.54) is 11.9 Å². The number of aryl methyl sites for hydroxylation is 1. The molecule has 3 aromatic heterocycles. The quantitative estimate of drug-likeness (QED) is 0.439. The molecule has 1 saturated carbocycles. The van der Waals surface area contributed by atoms with Crippen LogP contribution in [0.3, 0.4) is 0 Å². The van der Waals surface area contributed by atoms with E-state index >= 15 is 0 Å². The van der Waals surface area contributed by atoms with E-state index in [0.717, 1.165) is 67.4 Å². The second-order valence-electron chi connectivity index (χ2n) is 9.19. The fourth-order valence-electron chi connectivity index (χ4n) is 5.75. The van der Waals surface area contributed by atoms with Crippen LogP contribution in [0.4, 0.5) is 0 Å². The molecular formula is C26H34N6O2. The molecule has 1 aliphatic carbocycles. The predicted octanol–water partition coefficient (Wildman–Crippen LogP) is 4.44. The van der Waals surface area contributed by atoms with Crippen LogP contribution >= 0.6 is 0 Å². The second-order valence-corrected chi connectivity index (χ2v) is 9.19. The van der Waals surface area contributed by atoms with Crippen LogP contribution in [0.2, 0.25) is 0 Å². The van der Waals surface area contributed by atoms with Gasteiger partial charge in [0.05, 0.1) is 18.1 Å². The van der Waals surface area contributed by atoms with Gasteiger partial charge in [-0.25, -0.2) is 14.3 Å². The lowest BCUT2D eigenvalue weighted by molar-refractivity contribution is 0.150. The van der Waals surface area contributed by atoms with Gasteiger partial charge in [-0.3, -0.25) is 4.57 Å². The zero-order valence-electron chi connectivity index (χ0n) is 20.5. The van der Waals surface area contributed by atoms with Crippen LogP contribution in [0.1, 0.15) is 58.1 Å². The highest BCUT2D eigenvalue weighted by Gasteiger charge is 2.27. The van der Waals surface area contributed by atoms with Gasteiger partial charge in [0.1, 0.15) is 6.33 Å². The number of ether oxygens (including phenoxy) is 1. The summed E-state index contributed by atoms with van der Waals surface area (Å²) in [6, 6.07) is 7.16. The number of hydrogen-bond donors (Lipinski definition) is 1. The summed E-state index contributed by atoms with van der Waals surface area (Å²) in [5, 5.41) is 4.30. The molecule has 180 valence electrons. The molecule has 5 rings (SSSR count). The first-order valence-corrected chi connectivity index (χ1v) is 12.5. The molecule has 1 aliphatic rings. The Morgan fingerprint density at radius 1 is 1.12 bits per heavy atom. The van der Waals surface area contributed by atoms with E-state index in [0.29, 0.717) is 17.4 Å². The lowest BCUT2D eigenvalue weighted by Crippen LogP contribution is -2.39. The molecular weight excluding hydrogens is 428 g/mol. The summed E-state index contributed by atoms with van der Waals surface area (Å²) in [4.78, 5) is 23.1. The lowest BCUT2D eigenvalue weighted by atomic mass is 9.89. The fraction of sp³-hybridized carbons (Fsp3) is 0.500. The van der Waals surface area contributed by atoms with Gasteiger partial charge in [0.25, 0.3) is 0 Å². The molecule has 1 fully saturated rings. The minimum atomic E-state index is -0.00944. The molecule has 0 amide bonds. The number of aromatic amines is 1. The summed E-state index contributed by atoms with van der Waals surface area (Å²) in [6.45, 7) is 8.80. The first kappa shape index (κ1) is 22.7. The number of fused-ring (bicyclic) bond motifs is 2. The summed E-state index contributed by atoms with van der Waals surface area (Å²) in [6.07, 6.45) is 8.71. The van der Waals surface area contributed by atoms with Crippen molar-refractivity contribution < 1.29 is 4.74 Å². The van der Waals surface area contributed by atoms with Crippen molar-refractivity contribution in [2.75, 3.05) is 20.2 Å². The number of H-pyrrole nitrogens is 1. The smallest absolute Gasteiger partial charge is 0.326 e. The van der Waals surface area contributed by atoms with Crippen molar-refractivity contribution in [1.29, 1.82) is 0 Å². The Morgan fingerprint density at radius 3 is 2.56 bits per heavy atom. The molecule has 0 atom stereocenters. The minimum absolute atomic E-state index is 0.00944. The van der Waals surface area contributed by atoms with Crippen molar-refractivity contribution >= 4 is 16.7 Å². The number of benzene rings is 1. The SMILES string of the molecule is CCc1cc2c(cc1-c1cc(OC)c3ncnn3c1)[nH]c(=O)n2C1CCC(N(CC)CC)CC1. The third-order valence-electron chi connectivity index (χ3n) is 7.55. The Hall–Kier alpha value is -3.13. The standard InChI is InChI=1S/C26H34N6O2/c1-5-17-12-23-22(14-21(17)18-13-24(34-4)25-27-16-28-31(25)15-18)29-26(33)32(23)20-10-8-19(9-11-20)30(6-2)7-3/h12-16,19-20H,5-11H2,1-4H3,(H,29,33). The Kier molecular flexibility index (Phi) is 6.16. The van der Waals surface area contributed by atoms with Crippen LogP contribution in [0.25, 0.3) is 27.8 Å². The van der Waals surface area contributed by atoms with Crippen LogP contribution in [-0.4, -0.2) is 55.3 Å². The summed E-state index contributed by atoms with van der Waals surface area (Å²) in [5.74, 6) is 0.674. The van der Waals surface area contributed by atoms with Gasteiger partial charge < -0.3 is 14.6 Å².